The summed E-state index contributed by atoms with van der Waals surface area (Å²) < 4.78 is 0. The molecule has 24 heavy (non-hydrogen) atoms. The molecule has 1 amide bonds. The van der Waals surface area contributed by atoms with E-state index in [4.69, 9.17) is 0 Å². The van der Waals surface area contributed by atoms with Gasteiger partial charge in [0.25, 0.3) is 5.91 Å². The highest BCUT2D eigenvalue weighted by molar-refractivity contribution is 6.09. The van der Waals surface area contributed by atoms with Gasteiger partial charge in [-0.05, 0) is 42.7 Å². The maximum Gasteiger partial charge on any atom is 0.255 e. The van der Waals surface area contributed by atoms with E-state index in [0.717, 1.165) is 22.9 Å². The number of benzene rings is 2. The summed E-state index contributed by atoms with van der Waals surface area (Å²) in [5.74, 6) is -0.0839. The Kier molecular flexibility index (Phi) is 5.22. The first-order valence-electron chi connectivity index (χ1n) is 8.51. The molecule has 0 saturated heterocycles. The normalized spacial score (nSPS) is 10.7. The maximum absolute atomic E-state index is 12.5. The van der Waals surface area contributed by atoms with Crippen LogP contribution < -0.4 is 5.32 Å². The fraction of sp³-hybridized carbons (Fsp3) is 0.238. The van der Waals surface area contributed by atoms with E-state index in [-0.39, 0.29) is 5.91 Å². The third-order valence-electron chi connectivity index (χ3n) is 4.21. The number of rotatable bonds is 6. The van der Waals surface area contributed by atoms with Gasteiger partial charge in [0.1, 0.15) is 0 Å². The van der Waals surface area contributed by atoms with Crippen LogP contribution in [0.5, 0.6) is 0 Å². The Labute approximate surface area is 142 Å². The molecule has 0 fully saturated rings. The van der Waals surface area contributed by atoms with Crippen molar-refractivity contribution in [1.82, 2.24) is 4.98 Å². The first kappa shape index (κ1) is 16.2. The van der Waals surface area contributed by atoms with E-state index in [1.807, 2.05) is 36.4 Å². The number of fused-ring (bicyclic) bond motifs is 1. The molecular formula is C21H22N2O. The molecule has 0 saturated carbocycles. The van der Waals surface area contributed by atoms with Gasteiger partial charge in [0.05, 0.1) is 0 Å². The molecule has 0 aliphatic carbocycles. The zero-order valence-corrected chi connectivity index (χ0v) is 14.0. The molecule has 0 spiro atoms. The van der Waals surface area contributed by atoms with E-state index in [9.17, 15) is 4.79 Å². The van der Waals surface area contributed by atoms with Crippen LogP contribution in [-0.2, 0) is 6.42 Å². The fourth-order valence-electron chi connectivity index (χ4n) is 2.83. The van der Waals surface area contributed by atoms with Gasteiger partial charge in [0, 0.05) is 34.4 Å². The zero-order chi connectivity index (χ0) is 16.8. The highest BCUT2D eigenvalue weighted by Crippen LogP contribution is 2.22. The molecule has 2 aromatic carbocycles. The molecule has 0 aliphatic heterocycles. The van der Waals surface area contributed by atoms with E-state index in [1.54, 1.807) is 12.4 Å². The standard InChI is InChI=1S/C21H22N2O/c1-2-3-4-6-16-9-11-17(12-10-16)21(24)23-20-8-5-7-18-15-22-14-13-19(18)20/h5,7-15H,2-4,6H2,1H3,(H,23,24). The van der Waals surface area contributed by atoms with Crippen molar-refractivity contribution < 1.29 is 4.79 Å². The summed E-state index contributed by atoms with van der Waals surface area (Å²) >= 11 is 0. The lowest BCUT2D eigenvalue weighted by atomic mass is 10.0. The third kappa shape index (κ3) is 3.80. The van der Waals surface area contributed by atoms with Crippen LogP contribution in [0.3, 0.4) is 0 Å². The molecule has 0 radical (unpaired) electrons. The number of pyridine rings is 1. The van der Waals surface area contributed by atoms with Crippen molar-refractivity contribution in [1.29, 1.82) is 0 Å². The molecular weight excluding hydrogens is 296 g/mol. The van der Waals surface area contributed by atoms with Gasteiger partial charge in [0.15, 0.2) is 0 Å². The van der Waals surface area contributed by atoms with Crippen LogP contribution in [0.1, 0.15) is 42.1 Å². The average molecular weight is 318 g/mol. The monoisotopic (exact) mass is 318 g/mol. The van der Waals surface area contributed by atoms with Crippen molar-refractivity contribution in [2.45, 2.75) is 32.6 Å². The number of nitrogens with one attached hydrogen (secondary N) is 1. The molecule has 1 N–H and O–H groups in total. The van der Waals surface area contributed by atoms with Crippen LogP contribution in [0, 0.1) is 0 Å². The van der Waals surface area contributed by atoms with Gasteiger partial charge in [-0.2, -0.15) is 0 Å². The second-order valence-corrected chi connectivity index (χ2v) is 6.01. The van der Waals surface area contributed by atoms with Gasteiger partial charge in [-0.15, -0.1) is 0 Å². The van der Waals surface area contributed by atoms with Crippen LogP contribution >= 0.6 is 0 Å². The SMILES string of the molecule is CCCCCc1ccc(C(=O)Nc2cccc3cnccc23)cc1. The predicted molar refractivity (Wildman–Crippen MR) is 99.4 cm³/mol. The summed E-state index contributed by atoms with van der Waals surface area (Å²) in [4.78, 5) is 16.6. The van der Waals surface area contributed by atoms with Gasteiger partial charge >= 0.3 is 0 Å². The number of hydrogen-bond acceptors (Lipinski definition) is 2. The quantitative estimate of drug-likeness (QED) is 0.633. The minimum absolute atomic E-state index is 0.0839. The predicted octanol–water partition coefficient (Wildman–Crippen LogP) is 5.22. The van der Waals surface area contributed by atoms with Crippen molar-refractivity contribution >= 4 is 22.4 Å². The lowest BCUT2D eigenvalue weighted by molar-refractivity contribution is 0.102. The Hall–Kier alpha value is -2.68. The van der Waals surface area contributed by atoms with Gasteiger partial charge in [-0.1, -0.05) is 44.0 Å². The lowest BCUT2D eigenvalue weighted by Crippen LogP contribution is -2.12. The Balaban J connectivity index is 1.72. The topological polar surface area (TPSA) is 42.0 Å². The summed E-state index contributed by atoms with van der Waals surface area (Å²) in [6, 6.07) is 15.7. The van der Waals surface area contributed by atoms with E-state index in [1.165, 1.54) is 24.8 Å². The highest BCUT2D eigenvalue weighted by Gasteiger charge is 2.08. The van der Waals surface area contributed by atoms with Gasteiger partial charge < -0.3 is 5.32 Å². The number of anilines is 1. The molecule has 0 atom stereocenters. The van der Waals surface area contributed by atoms with Gasteiger partial charge in [0.2, 0.25) is 0 Å². The van der Waals surface area contributed by atoms with Crippen LogP contribution in [0.4, 0.5) is 5.69 Å². The molecule has 0 unspecified atom stereocenters. The number of carbonyl (C=O) groups is 1. The summed E-state index contributed by atoms with van der Waals surface area (Å²) in [5.41, 5.74) is 2.78. The molecule has 3 nitrogen and oxygen atoms in total. The molecule has 0 bridgehead atoms. The van der Waals surface area contributed by atoms with Gasteiger partial charge in [-0.25, -0.2) is 0 Å². The number of hydrogen-bond donors (Lipinski definition) is 1. The van der Waals surface area contributed by atoms with Crippen molar-refractivity contribution in [2.24, 2.45) is 0 Å². The van der Waals surface area contributed by atoms with Crippen LogP contribution in [0.15, 0.2) is 60.9 Å². The molecule has 122 valence electrons. The Morgan fingerprint density at radius 3 is 2.67 bits per heavy atom. The zero-order valence-electron chi connectivity index (χ0n) is 14.0. The highest BCUT2D eigenvalue weighted by atomic mass is 16.1. The van der Waals surface area contributed by atoms with Crippen molar-refractivity contribution in [3.63, 3.8) is 0 Å². The Morgan fingerprint density at radius 2 is 1.88 bits per heavy atom. The van der Waals surface area contributed by atoms with E-state index >= 15 is 0 Å². The first-order chi connectivity index (χ1) is 11.8. The summed E-state index contributed by atoms with van der Waals surface area (Å²) in [6.07, 6.45) is 8.29. The third-order valence-corrected chi connectivity index (χ3v) is 4.21. The maximum atomic E-state index is 12.5. The number of amides is 1. The molecule has 1 heterocycles. The minimum atomic E-state index is -0.0839. The molecule has 0 aliphatic rings. The van der Waals surface area contributed by atoms with E-state index in [0.29, 0.717) is 5.56 Å². The van der Waals surface area contributed by atoms with E-state index in [2.05, 4.69) is 29.4 Å². The first-order valence-corrected chi connectivity index (χ1v) is 8.51. The summed E-state index contributed by atoms with van der Waals surface area (Å²) in [7, 11) is 0. The van der Waals surface area contributed by atoms with Gasteiger partial charge in [-0.3, -0.25) is 9.78 Å². The van der Waals surface area contributed by atoms with Crippen molar-refractivity contribution in [3.05, 3.63) is 72.1 Å². The molecule has 3 rings (SSSR count). The van der Waals surface area contributed by atoms with Crippen LogP contribution in [0.25, 0.3) is 10.8 Å². The summed E-state index contributed by atoms with van der Waals surface area (Å²) in [5, 5.41) is 5.02. The molecule has 1 aromatic heterocycles. The number of unbranched alkanes of at least 4 members (excludes halogenated alkanes) is 2. The smallest absolute Gasteiger partial charge is 0.255 e. The second-order valence-electron chi connectivity index (χ2n) is 6.01. The summed E-state index contributed by atoms with van der Waals surface area (Å²) in [6.45, 7) is 2.21. The van der Waals surface area contributed by atoms with E-state index < -0.39 is 0 Å². The molecule has 3 aromatic rings. The Bertz CT molecular complexity index is 819. The number of aryl methyl sites for hydroxylation is 1. The lowest BCUT2D eigenvalue weighted by Gasteiger charge is -2.09. The Morgan fingerprint density at radius 1 is 1.04 bits per heavy atom. The fourth-order valence-corrected chi connectivity index (χ4v) is 2.83. The number of carbonyl (C=O) groups excluding carboxylic acids is 1. The van der Waals surface area contributed by atoms with Crippen molar-refractivity contribution in [2.75, 3.05) is 5.32 Å². The number of nitrogens with zero attached hydrogens (tertiary/aromatic N) is 1. The van der Waals surface area contributed by atoms with Crippen molar-refractivity contribution in [3.8, 4) is 0 Å². The largest absolute Gasteiger partial charge is 0.321 e. The van der Waals surface area contributed by atoms with Crippen LogP contribution in [0.2, 0.25) is 0 Å². The minimum Gasteiger partial charge on any atom is -0.321 e. The second kappa shape index (κ2) is 7.73. The number of aromatic nitrogens is 1. The van der Waals surface area contributed by atoms with Crippen LogP contribution in [-0.4, -0.2) is 10.9 Å². The molecule has 3 heteroatoms. The average Bonchev–Trinajstić information content (AvgIpc) is 2.63.